The summed E-state index contributed by atoms with van der Waals surface area (Å²) in [5, 5.41) is 14.5. The van der Waals surface area contributed by atoms with Gasteiger partial charge in [0.25, 0.3) is 5.89 Å². The van der Waals surface area contributed by atoms with E-state index in [1.54, 1.807) is 0 Å². The Balaban J connectivity index is 1.80. The van der Waals surface area contributed by atoms with Crippen LogP contribution in [0.1, 0.15) is 17.3 Å². The standard InChI is InChI=1S/C12H11ClN2O3/c13-9-4-2-1-3-8(9)5-10-14-11(18-15-10)12(16)6-17-7-12/h1-4,16H,5-7H2. The third kappa shape index (κ3) is 2.01. The average Bonchev–Trinajstić information content (AvgIpc) is 2.78. The summed E-state index contributed by atoms with van der Waals surface area (Å²) in [5.41, 5.74) is -0.200. The van der Waals surface area contributed by atoms with Crippen LogP contribution in [0, 0.1) is 0 Å². The van der Waals surface area contributed by atoms with Crippen molar-refractivity contribution in [3.05, 3.63) is 46.6 Å². The van der Waals surface area contributed by atoms with Crippen LogP contribution in [-0.4, -0.2) is 28.5 Å². The lowest BCUT2D eigenvalue weighted by Crippen LogP contribution is -2.46. The van der Waals surface area contributed by atoms with Crippen LogP contribution in [0.25, 0.3) is 0 Å². The van der Waals surface area contributed by atoms with Crippen LogP contribution < -0.4 is 0 Å². The first-order valence-corrected chi connectivity index (χ1v) is 5.92. The summed E-state index contributed by atoms with van der Waals surface area (Å²) in [7, 11) is 0. The molecule has 94 valence electrons. The van der Waals surface area contributed by atoms with Gasteiger partial charge in [0.15, 0.2) is 11.4 Å². The highest BCUT2D eigenvalue weighted by atomic mass is 35.5. The van der Waals surface area contributed by atoms with Gasteiger partial charge in [0.1, 0.15) is 0 Å². The molecule has 0 aliphatic carbocycles. The molecule has 0 unspecified atom stereocenters. The molecule has 1 fully saturated rings. The quantitative estimate of drug-likeness (QED) is 0.912. The molecule has 1 N–H and O–H groups in total. The van der Waals surface area contributed by atoms with Gasteiger partial charge < -0.3 is 14.4 Å². The minimum Gasteiger partial charge on any atom is -0.376 e. The summed E-state index contributed by atoms with van der Waals surface area (Å²) < 4.78 is 9.99. The van der Waals surface area contributed by atoms with Crippen molar-refractivity contribution in [3.8, 4) is 0 Å². The molecule has 0 bridgehead atoms. The molecule has 3 rings (SSSR count). The lowest BCUT2D eigenvalue weighted by molar-refractivity contribution is -0.198. The van der Waals surface area contributed by atoms with Crippen LogP contribution >= 0.6 is 11.6 Å². The maximum Gasteiger partial charge on any atom is 0.263 e. The van der Waals surface area contributed by atoms with Crippen molar-refractivity contribution in [2.24, 2.45) is 0 Å². The topological polar surface area (TPSA) is 68.4 Å². The van der Waals surface area contributed by atoms with Gasteiger partial charge in [-0.2, -0.15) is 4.98 Å². The third-order valence-corrected chi connectivity index (χ3v) is 3.22. The number of nitrogens with zero attached hydrogens (tertiary/aromatic N) is 2. The highest BCUT2D eigenvalue weighted by Crippen LogP contribution is 2.28. The Kier molecular flexibility index (Phi) is 2.81. The van der Waals surface area contributed by atoms with Crippen molar-refractivity contribution in [3.63, 3.8) is 0 Å². The second-order valence-electron chi connectivity index (χ2n) is 4.31. The van der Waals surface area contributed by atoms with Crippen molar-refractivity contribution in [1.82, 2.24) is 10.1 Å². The van der Waals surface area contributed by atoms with E-state index in [0.717, 1.165) is 5.56 Å². The molecule has 1 aliphatic rings. The van der Waals surface area contributed by atoms with Crippen LogP contribution in [0.3, 0.4) is 0 Å². The summed E-state index contributed by atoms with van der Waals surface area (Å²) >= 11 is 6.05. The molecule has 1 aromatic carbocycles. The fraction of sp³-hybridized carbons (Fsp3) is 0.333. The third-order valence-electron chi connectivity index (χ3n) is 2.85. The van der Waals surface area contributed by atoms with Gasteiger partial charge in [-0.1, -0.05) is 35.0 Å². The predicted molar refractivity (Wildman–Crippen MR) is 63.3 cm³/mol. The van der Waals surface area contributed by atoms with Gasteiger partial charge in [0, 0.05) is 11.4 Å². The number of hydrogen-bond donors (Lipinski definition) is 1. The van der Waals surface area contributed by atoms with Gasteiger partial charge >= 0.3 is 0 Å². The molecule has 5 nitrogen and oxygen atoms in total. The maximum atomic E-state index is 9.97. The Hall–Kier alpha value is -1.43. The predicted octanol–water partition coefficient (Wildman–Crippen LogP) is 1.53. The molecule has 0 saturated carbocycles. The number of aliphatic hydroxyl groups is 1. The molecular weight excluding hydrogens is 256 g/mol. The van der Waals surface area contributed by atoms with Crippen LogP contribution in [0.15, 0.2) is 28.8 Å². The second-order valence-corrected chi connectivity index (χ2v) is 4.72. The highest BCUT2D eigenvalue weighted by Gasteiger charge is 2.43. The van der Waals surface area contributed by atoms with Gasteiger partial charge in [-0.05, 0) is 11.6 Å². The van der Waals surface area contributed by atoms with Crippen LogP contribution in [-0.2, 0) is 16.8 Å². The Morgan fingerprint density at radius 2 is 2.11 bits per heavy atom. The van der Waals surface area contributed by atoms with Crippen LogP contribution in [0.4, 0.5) is 0 Å². The molecule has 0 atom stereocenters. The molecule has 0 amide bonds. The normalized spacial score (nSPS) is 17.4. The Labute approximate surface area is 108 Å². The van der Waals surface area contributed by atoms with Gasteiger partial charge in [0.2, 0.25) is 0 Å². The van der Waals surface area contributed by atoms with Crippen molar-refractivity contribution >= 4 is 11.6 Å². The smallest absolute Gasteiger partial charge is 0.263 e. The van der Waals surface area contributed by atoms with Gasteiger partial charge in [-0.15, -0.1) is 0 Å². The summed E-state index contributed by atoms with van der Waals surface area (Å²) in [6.45, 7) is 0.390. The van der Waals surface area contributed by atoms with Crippen LogP contribution in [0.5, 0.6) is 0 Å². The number of benzene rings is 1. The van der Waals surface area contributed by atoms with Gasteiger partial charge in [-0.3, -0.25) is 0 Å². The zero-order chi connectivity index (χ0) is 12.6. The van der Waals surface area contributed by atoms with E-state index in [9.17, 15) is 5.11 Å². The number of hydrogen-bond acceptors (Lipinski definition) is 5. The number of ether oxygens (including phenoxy) is 1. The Morgan fingerprint density at radius 3 is 2.78 bits per heavy atom. The first-order chi connectivity index (χ1) is 8.67. The first-order valence-electron chi connectivity index (χ1n) is 5.54. The minimum absolute atomic E-state index is 0.195. The lowest BCUT2D eigenvalue weighted by Gasteiger charge is -2.32. The van der Waals surface area contributed by atoms with Gasteiger partial charge in [0.05, 0.1) is 13.2 Å². The molecule has 6 heteroatoms. The summed E-state index contributed by atoms with van der Waals surface area (Å²) in [5.74, 6) is 0.703. The highest BCUT2D eigenvalue weighted by molar-refractivity contribution is 6.31. The van der Waals surface area contributed by atoms with E-state index < -0.39 is 5.60 Å². The molecule has 0 spiro atoms. The summed E-state index contributed by atoms with van der Waals surface area (Å²) in [4.78, 5) is 4.17. The summed E-state index contributed by atoms with van der Waals surface area (Å²) in [6.07, 6.45) is 0.472. The molecule has 2 heterocycles. The SMILES string of the molecule is OC1(c2nc(Cc3ccccc3Cl)no2)COC1. The van der Waals surface area contributed by atoms with E-state index in [2.05, 4.69) is 10.1 Å². The minimum atomic E-state index is -1.12. The van der Waals surface area contributed by atoms with Crippen molar-refractivity contribution in [2.75, 3.05) is 13.2 Å². The van der Waals surface area contributed by atoms with E-state index in [1.165, 1.54) is 0 Å². The molecule has 1 aliphatic heterocycles. The van der Waals surface area contributed by atoms with Crippen molar-refractivity contribution in [2.45, 2.75) is 12.0 Å². The molecule has 18 heavy (non-hydrogen) atoms. The summed E-state index contributed by atoms with van der Waals surface area (Å²) in [6, 6.07) is 7.47. The number of rotatable bonds is 3. The molecule has 1 saturated heterocycles. The fourth-order valence-corrected chi connectivity index (χ4v) is 1.95. The van der Waals surface area contributed by atoms with Gasteiger partial charge in [-0.25, -0.2) is 0 Å². The largest absolute Gasteiger partial charge is 0.376 e. The number of halogens is 1. The van der Waals surface area contributed by atoms with E-state index in [1.807, 2.05) is 24.3 Å². The number of aromatic nitrogens is 2. The molecular formula is C12H11ClN2O3. The fourth-order valence-electron chi connectivity index (χ4n) is 1.75. The van der Waals surface area contributed by atoms with E-state index >= 15 is 0 Å². The zero-order valence-corrected chi connectivity index (χ0v) is 10.2. The van der Waals surface area contributed by atoms with Crippen molar-refractivity contribution < 1.29 is 14.4 Å². The second kappa shape index (κ2) is 4.35. The lowest BCUT2D eigenvalue weighted by atomic mass is 10.0. The average molecular weight is 267 g/mol. The Morgan fingerprint density at radius 1 is 1.33 bits per heavy atom. The molecule has 2 aromatic rings. The Bertz CT molecular complexity index is 566. The molecule has 0 radical (unpaired) electrons. The first kappa shape index (κ1) is 11.6. The molecule has 1 aromatic heterocycles. The van der Waals surface area contributed by atoms with Crippen molar-refractivity contribution in [1.29, 1.82) is 0 Å². The van der Waals surface area contributed by atoms with Crippen LogP contribution in [0.2, 0.25) is 5.02 Å². The van der Waals surface area contributed by atoms with E-state index in [4.69, 9.17) is 20.9 Å². The van der Waals surface area contributed by atoms with E-state index in [-0.39, 0.29) is 19.1 Å². The maximum absolute atomic E-state index is 9.97. The van der Waals surface area contributed by atoms with E-state index in [0.29, 0.717) is 17.3 Å². The monoisotopic (exact) mass is 266 g/mol. The zero-order valence-electron chi connectivity index (χ0n) is 9.47.